The average molecular weight is 353 g/mol. The van der Waals surface area contributed by atoms with Crippen LogP contribution in [-0.2, 0) is 0 Å². The minimum absolute atomic E-state index is 0.130. The summed E-state index contributed by atoms with van der Waals surface area (Å²) in [5.74, 6) is 0.953. The second kappa shape index (κ2) is 5.74. The van der Waals surface area contributed by atoms with E-state index in [0.717, 1.165) is 5.75 Å². The Bertz CT molecular complexity index is 538. The summed E-state index contributed by atoms with van der Waals surface area (Å²) in [5, 5.41) is 0. The first kappa shape index (κ1) is 13.4. The molecular formula is C16H18IO-. The molecule has 0 saturated carbocycles. The Hall–Kier alpha value is -1.03. The first-order valence-electron chi connectivity index (χ1n) is 5.97. The molecule has 2 heteroatoms. The van der Waals surface area contributed by atoms with Crippen LogP contribution in [0.4, 0.5) is 0 Å². The van der Waals surface area contributed by atoms with Crippen LogP contribution in [0.5, 0.6) is 5.75 Å². The fraction of sp³-hybridized carbons (Fsp3) is 0.250. The number of benzene rings is 2. The van der Waals surface area contributed by atoms with Crippen molar-refractivity contribution in [2.24, 2.45) is 0 Å². The van der Waals surface area contributed by atoms with E-state index in [1.165, 1.54) is 23.8 Å². The van der Waals surface area contributed by atoms with E-state index in [1.54, 1.807) is 7.11 Å². The monoisotopic (exact) mass is 353 g/mol. The molecule has 0 spiro atoms. The van der Waals surface area contributed by atoms with Gasteiger partial charge < -0.3 is 0 Å². The summed E-state index contributed by atoms with van der Waals surface area (Å²) in [6, 6.07) is 13.0. The zero-order chi connectivity index (χ0) is 13.1. The van der Waals surface area contributed by atoms with E-state index in [-0.39, 0.29) is 21.2 Å². The van der Waals surface area contributed by atoms with E-state index in [1.807, 2.05) is 6.07 Å². The summed E-state index contributed by atoms with van der Waals surface area (Å²) in [6.45, 7) is 6.60. The van der Waals surface area contributed by atoms with Gasteiger partial charge in [-0.2, -0.15) is 0 Å². The van der Waals surface area contributed by atoms with Crippen LogP contribution in [0.1, 0.15) is 16.7 Å². The molecular weight excluding hydrogens is 335 g/mol. The molecule has 0 aliphatic heterocycles. The maximum absolute atomic E-state index is 5.29. The second-order valence-electron chi connectivity index (χ2n) is 4.47. The number of hydrogen-bond donors (Lipinski definition) is 0. The van der Waals surface area contributed by atoms with Gasteiger partial charge in [-0.05, 0) is 0 Å². The Morgan fingerprint density at radius 2 is 1.61 bits per heavy atom. The van der Waals surface area contributed by atoms with E-state index < -0.39 is 0 Å². The van der Waals surface area contributed by atoms with E-state index in [2.05, 4.69) is 51.1 Å². The number of hydrogen-bond acceptors (Lipinski definition) is 1. The fourth-order valence-electron chi connectivity index (χ4n) is 2.07. The van der Waals surface area contributed by atoms with Crippen molar-refractivity contribution in [3.05, 3.63) is 60.2 Å². The molecule has 2 aromatic carbocycles. The molecule has 0 aliphatic rings. The van der Waals surface area contributed by atoms with E-state index in [0.29, 0.717) is 0 Å². The van der Waals surface area contributed by atoms with Gasteiger partial charge in [0, 0.05) is 0 Å². The van der Waals surface area contributed by atoms with Crippen molar-refractivity contribution in [1.82, 2.24) is 0 Å². The molecule has 0 radical (unpaired) electrons. The van der Waals surface area contributed by atoms with Gasteiger partial charge >= 0.3 is 120 Å². The molecule has 2 rings (SSSR count). The number of ether oxygens (including phenoxy) is 1. The third kappa shape index (κ3) is 3.05. The van der Waals surface area contributed by atoms with Crippen molar-refractivity contribution < 1.29 is 25.9 Å². The van der Waals surface area contributed by atoms with E-state index >= 15 is 0 Å². The second-order valence-corrected chi connectivity index (χ2v) is 7.33. The average Bonchev–Trinajstić information content (AvgIpc) is 2.34. The summed E-state index contributed by atoms with van der Waals surface area (Å²) in [5.41, 5.74) is 4.19. The summed E-state index contributed by atoms with van der Waals surface area (Å²) in [6.07, 6.45) is 0. The van der Waals surface area contributed by atoms with Crippen LogP contribution in [0.3, 0.4) is 0 Å². The molecule has 0 amide bonds. The summed E-state index contributed by atoms with van der Waals surface area (Å²) in [7, 11) is 1.72. The number of methoxy groups -OCH3 is 1. The molecule has 2 aromatic rings. The maximum atomic E-state index is 5.29. The van der Waals surface area contributed by atoms with Gasteiger partial charge in [-0.25, -0.2) is 0 Å². The van der Waals surface area contributed by atoms with Crippen LogP contribution in [0.15, 0.2) is 36.4 Å². The number of halogens is 1. The van der Waals surface area contributed by atoms with Crippen molar-refractivity contribution >= 4 is 0 Å². The normalized spacial score (nSPS) is 10.7. The van der Waals surface area contributed by atoms with E-state index in [9.17, 15) is 0 Å². The fourth-order valence-corrected chi connectivity index (χ4v) is 4.71. The molecule has 0 atom stereocenters. The summed E-state index contributed by atoms with van der Waals surface area (Å²) in [4.78, 5) is 0. The SMILES string of the molecule is COc1cccc([I-]c2c(C)cc(C)cc2C)c1. The predicted octanol–water partition coefficient (Wildman–Crippen LogP) is 0.749. The first-order chi connectivity index (χ1) is 8.60. The first-order valence-corrected chi connectivity index (χ1v) is 8.12. The third-order valence-corrected chi connectivity index (χ3v) is 6.35. The van der Waals surface area contributed by atoms with Gasteiger partial charge in [0.05, 0.1) is 0 Å². The van der Waals surface area contributed by atoms with Crippen LogP contribution >= 0.6 is 0 Å². The van der Waals surface area contributed by atoms with Gasteiger partial charge in [-0.1, -0.05) is 0 Å². The zero-order valence-corrected chi connectivity index (χ0v) is 13.4. The van der Waals surface area contributed by atoms with Gasteiger partial charge in [0.15, 0.2) is 0 Å². The third-order valence-electron chi connectivity index (χ3n) is 2.82. The van der Waals surface area contributed by atoms with Crippen LogP contribution in [0.2, 0.25) is 0 Å². The van der Waals surface area contributed by atoms with Crippen LogP contribution in [0, 0.1) is 27.9 Å². The van der Waals surface area contributed by atoms with Gasteiger partial charge in [-0.15, -0.1) is 0 Å². The molecule has 18 heavy (non-hydrogen) atoms. The molecule has 1 nitrogen and oxygen atoms in total. The molecule has 0 N–H and O–H groups in total. The molecule has 0 fully saturated rings. The number of aryl methyl sites for hydroxylation is 3. The van der Waals surface area contributed by atoms with Gasteiger partial charge in [0.25, 0.3) is 0 Å². The van der Waals surface area contributed by atoms with Crippen LogP contribution in [0.25, 0.3) is 0 Å². The molecule has 96 valence electrons. The topological polar surface area (TPSA) is 9.23 Å². The van der Waals surface area contributed by atoms with Crippen LogP contribution < -0.4 is 25.9 Å². The van der Waals surface area contributed by atoms with Crippen molar-refractivity contribution in [3.8, 4) is 5.75 Å². The van der Waals surface area contributed by atoms with Crippen molar-refractivity contribution in [1.29, 1.82) is 0 Å². The van der Waals surface area contributed by atoms with E-state index in [4.69, 9.17) is 4.74 Å². The van der Waals surface area contributed by atoms with Gasteiger partial charge in [0.2, 0.25) is 0 Å². The number of rotatable bonds is 3. The molecule has 0 bridgehead atoms. The van der Waals surface area contributed by atoms with Crippen LogP contribution in [-0.4, -0.2) is 7.11 Å². The van der Waals surface area contributed by atoms with Gasteiger partial charge in [-0.3, -0.25) is 0 Å². The Kier molecular flexibility index (Phi) is 4.27. The minimum atomic E-state index is -0.130. The molecule has 0 heterocycles. The zero-order valence-electron chi connectivity index (χ0n) is 11.3. The molecule has 0 unspecified atom stereocenters. The quantitative estimate of drug-likeness (QED) is 0.740. The Balaban J connectivity index is 2.33. The van der Waals surface area contributed by atoms with Gasteiger partial charge in [0.1, 0.15) is 0 Å². The molecule has 0 aliphatic carbocycles. The Morgan fingerprint density at radius 3 is 2.22 bits per heavy atom. The molecule has 0 aromatic heterocycles. The standard InChI is InChI=1S/C16H18IO/c1-11-8-12(2)16(13(3)9-11)17-14-6-5-7-15(10-14)18-4/h5-10H,1-4H3/q-1. The summed E-state index contributed by atoms with van der Waals surface area (Å²) < 4.78 is 8.23. The van der Waals surface area contributed by atoms with Crippen molar-refractivity contribution in [2.45, 2.75) is 20.8 Å². The summed E-state index contributed by atoms with van der Waals surface area (Å²) >= 11 is -0.130. The Labute approximate surface area is 119 Å². The van der Waals surface area contributed by atoms with Crippen molar-refractivity contribution in [2.75, 3.05) is 7.11 Å². The predicted molar refractivity (Wildman–Crippen MR) is 71.0 cm³/mol. The van der Waals surface area contributed by atoms with Crippen molar-refractivity contribution in [3.63, 3.8) is 0 Å². The Morgan fingerprint density at radius 1 is 0.944 bits per heavy atom. The molecule has 0 saturated heterocycles.